The van der Waals surface area contributed by atoms with E-state index in [1.165, 1.54) is 6.07 Å². The summed E-state index contributed by atoms with van der Waals surface area (Å²) in [4.78, 5) is 0. The third kappa shape index (κ3) is 6.60. The van der Waals surface area contributed by atoms with Gasteiger partial charge in [-0.05, 0) is 58.7 Å². The third-order valence-electron chi connectivity index (χ3n) is 2.57. The van der Waals surface area contributed by atoms with Gasteiger partial charge in [0, 0.05) is 5.54 Å². The lowest BCUT2D eigenvalue weighted by Crippen LogP contribution is -2.36. The first kappa shape index (κ1) is 15.0. The highest BCUT2D eigenvalue weighted by atomic mass is 19.1. The lowest BCUT2D eigenvalue weighted by atomic mass is 10.1. The maximum Gasteiger partial charge on any atom is 0.165 e. The molecular weight excluding hydrogens is 229 g/mol. The molecule has 0 heterocycles. The van der Waals surface area contributed by atoms with Gasteiger partial charge in [0.2, 0.25) is 0 Å². The van der Waals surface area contributed by atoms with Crippen LogP contribution in [0.4, 0.5) is 4.39 Å². The Balaban J connectivity index is 2.04. The molecule has 1 N–H and O–H groups in total. The summed E-state index contributed by atoms with van der Waals surface area (Å²) in [6.07, 6.45) is 3.18. The van der Waals surface area contributed by atoms with Crippen LogP contribution in [-0.4, -0.2) is 18.7 Å². The van der Waals surface area contributed by atoms with Gasteiger partial charge in [0.05, 0.1) is 6.61 Å². The van der Waals surface area contributed by atoms with Gasteiger partial charge in [-0.2, -0.15) is 0 Å². The van der Waals surface area contributed by atoms with Crippen LogP contribution >= 0.6 is 0 Å². The van der Waals surface area contributed by atoms with E-state index in [0.717, 1.165) is 25.8 Å². The fourth-order valence-electron chi connectivity index (χ4n) is 1.61. The quantitative estimate of drug-likeness (QED) is 0.747. The fourth-order valence-corrected chi connectivity index (χ4v) is 1.61. The standard InChI is InChI=1S/C15H24FNO/c1-15(2,3)17-11-7-4-8-12-18-14-10-6-5-9-13(14)16/h5-6,9-10,17H,4,7-8,11-12H2,1-3H3. The number of ether oxygens (including phenoxy) is 1. The molecule has 0 unspecified atom stereocenters. The minimum atomic E-state index is -0.285. The summed E-state index contributed by atoms with van der Waals surface area (Å²) in [7, 11) is 0. The Labute approximate surface area is 110 Å². The predicted octanol–water partition coefficient (Wildman–Crippen LogP) is 3.76. The highest BCUT2D eigenvalue weighted by molar-refractivity contribution is 5.23. The maximum atomic E-state index is 13.2. The van der Waals surface area contributed by atoms with E-state index in [-0.39, 0.29) is 11.4 Å². The molecule has 18 heavy (non-hydrogen) atoms. The van der Waals surface area contributed by atoms with E-state index in [0.29, 0.717) is 12.4 Å². The van der Waals surface area contributed by atoms with Crippen molar-refractivity contribution in [3.05, 3.63) is 30.1 Å². The van der Waals surface area contributed by atoms with E-state index in [1.807, 2.05) is 0 Å². The number of halogens is 1. The van der Waals surface area contributed by atoms with Crippen molar-refractivity contribution in [1.29, 1.82) is 0 Å². The number of hydrogen-bond donors (Lipinski definition) is 1. The average Bonchev–Trinajstić information content (AvgIpc) is 2.28. The van der Waals surface area contributed by atoms with E-state index >= 15 is 0 Å². The minimum Gasteiger partial charge on any atom is -0.491 e. The Morgan fingerprint density at radius 2 is 1.83 bits per heavy atom. The molecule has 0 radical (unpaired) electrons. The van der Waals surface area contributed by atoms with Gasteiger partial charge in [-0.1, -0.05) is 12.1 Å². The van der Waals surface area contributed by atoms with Gasteiger partial charge in [-0.25, -0.2) is 4.39 Å². The molecule has 0 aromatic heterocycles. The molecule has 102 valence electrons. The number of benzene rings is 1. The van der Waals surface area contributed by atoms with Gasteiger partial charge in [0.1, 0.15) is 0 Å². The monoisotopic (exact) mass is 253 g/mol. The first-order chi connectivity index (χ1) is 8.49. The molecule has 0 saturated heterocycles. The number of hydrogen-bond acceptors (Lipinski definition) is 2. The smallest absolute Gasteiger partial charge is 0.165 e. The molecule has 1 aromatic carbocycles. The fraction of sp³-hybridized carbons (Fsp3) is 0.600. The molecule has 0 spiro atoms. The van der Waals surface area contributed by atoms with Crippen molar-refractivity contribution in [2.24, 2.45) is 0 Å². The molecule has 1 rings (SSSR count). The molecule has 1 aromatic rings. The van der Waals surface area contributed by atoms with Gasteiger partial charge >= 0.3 is 0 Å². The van der Waals surface area contributed by atoms with Gasteiger partial charge in [0.25, 0.3) is 0 Å². The van der Waals surface area contributed by atoms with Crippen LogP contribution in [0.1, 0.15) is 40.0 Å². The molecule has 0 saturated carbocycles. The van der Waals surface area contributed by atoms with Crippen LogP contribution in [-0.2, 0) is 0 Å². The molecule has 0 aliphatic carbocycles. The third-order valence-corrected chi connectivity index (χ3v) is 2.57. The molecule has 0 bridgehead atoms. The minimum absolute atomic E-state index is 0.184. The Hall–Kier alpha value is -1.09. The van der Waals surface area contributed by atoms with E-state index in [2.05, 4.69) is 26.1 Å². The van der Waals surface area contributed by atoms with Gasteiger partial charge in [-0.15, -0.1) is 0 Å². The van der Waals surface area contributed by atoms with Crippen LogP contribution in [0.3, 0.4) is 0 Å². The predicted molar refractivity (Wildman–Crippen MR) is 73.5 cm³/mol. The highest BCUT2D eigenvalue weighted by Crippen LogP contribution is 2.15. The Morgan fingerprint density at radius 1 is 1.11 bits per heavy atom. The van der Waals surface area contributed by atoms with E-state index in [9.17, 15) is 4.39 Å². The second-order valence-corrected chi connectivity index (χ2v) is 5.52. The Morgan fingerprint density at radius 3 is 2.50 bits per heavy atom. The molecule has 2 nitrogen and oxygen atoms in total. The van der Waals surface area contributed by atoms with Crippen LogP contribution in [0.25, 0.3) is 0 Å². The van der Waals surface area contributed by atoms with Crippen LogP contribution < -0.4 is 10.1 Å². The van der Waals surface area contributed by atoms with Gasteiger partial charge in [-0.3, -0.25) is 0 Å². The number of nitrogens with one attached hydrogen (secondary N) is 1. The number of para-hydroxylation sites is 1. The van der Waals surface area contributed by atoms with Crippen molar-refractivity contribution in [1.82, 2.24) is 5.32 Å². The highest BCUT2D eigenvalue weighted by Gasteiger charge is 2.07. The lowest BCUT2D eigenvalue weighted by molar-refractivity contribution is 0.289. The van der Waals surface area contributed by atoms with E-state index < -0.39 is 0 Å². The number of unbranched alkanes of at least 4 members (excludes halogenated alkanes) is 2. The van der Waals surface area contributed by atoms with Crippen molar-refractivity contribution in [2.45, 2.75) is 45.6 Å². The summed E-state index contributed by atoms with van der Waals surface area (Å²) >= 11 is 0. The summed E-state index contributed by atoms with van der Waals surface area (Å²) in [6, 6.07) is 6.53. The van der Waals surface area contributed by atoms with Crippen LogP contribution in [0, 0.1) is 5.82 Å². The van der Waals surface area contributed by atoms with Crippen molar-refractivity contribution >= 4 is 0 Å². The lowest BCUT2D eigenvalue weighted by Gasteiger charge is -2.20. The first-order valence-electron chi connectivity index (χ1n) is 6.61. The van der Waals surface area contributed by atoms with Crippen molar-refractivity contribution in [2.75, 3.05) is 13.2 Å². The second kappa shape index (κ2) is 7.37. The summed E-state index contributed by atoms with van der Waals surface area (Å²) < 4.78 is 18.6. The molecule has 0 fully saturated rings. The zero-order chi connectivity index (χ0) is 13.4. The van der Waals surface area contributed by atoms with Crippen molar-refractivity contribution in [3.63, 3.8) is 0 Å². The second-order valence-electron chi connectivity index (χ2n) is 5.52. The zero-order valence-electron chi connectivity index (χ0n) is 11.6. The molecule has 0 atom stereocenters. The van der Waals surface area contributed by atoms with Crippen LogP contribution in [0.5, 0.6) is 5.75 Å². The SMILES string of the molecule is CC(C)(C)NCCCCCOc1ccccc1F. The van der Waals surface area contributed by atoms with Gasteiger partial charge in [0.15, 0.2) is 11.6 Å². The largest absolute Gasteiger partial charge is 0.491 e. The summed E-state index contributed by atoms with van der Waals surface area (Å²) in [5.74, 6) is 0.0669. The Bertz CT molecular complexity index is 347. The number of rotatable bonds is 7. The van der Waals surface area contributed by atoms with Crippen molar-refractivity contribution < 1.29 is 9.13 Å². The van der Waals surface area contributed by atoms with Crippen molar-refractivity contribution in [3.8, 4) is 5.75 Å². The van der Waals surface area contributed by atoms with E-state index in [4.69, 9.17) is 4.74 Å². The van der Waals surface area contributed by atoms with Crippen LogP contribution in [0.2, 0.25) is 0 Å². The summed E-state index contributed by atoms with van der Waals surface area (Å²) in [5, 5.41) is 3.44. The normalized spacial score (nSPS) is 11.6. The summed E-state index contributed by atoms with van der Waals surface area (Å²) in [6.45, 7) is 8.08. The average molecular weight is 253 g/mol. The maximum absolute atomic E-state index is 13.2. The van der Waals surface area contributed by atoms with Gasteiger partial charge < -0.3 is 10.1 Å². The zero-order valence-corrected chi connectivity index (χ0v) is 11.6. The Kier molecular flexibility index (Phi) is 6.13. The topological polar surface area (TPSA) is 21.3 Å². The van der Waals surface area contributed by atoms with Crippen LogP contribution in [0.15, 0.2) is 24.3 Å². The summed E-state index contributed by atoms with van der Waals surface area (Å²) in [5.41, 5.74) is 0.184. The molecule has 0 aliphatic rings. The molecule has 0 aliphatic heterocycles. The molecular formula is C15H24FNO. The molecule has 0 amide bonds. The molecule has 3 heteroatoms. The van der Waals surface area contributed by atoms with E-state index in [1.54, 1.807) is 18.2 Å². The first-order valence-corrected chi connectivity index (χ1v) is 6.61.